The molecule has 9 heteroatoms. The van der Waals surface area contributed by atoms with Gasteiger partial charge in [0.25, 0.3) is 5.56 Å². The number of hydrogen-bond acceptors (Lipinski definition) is 4. The number of nitrogens with one attached hydrogen (secondary N) is 2. The molecule has 0 radical (unpaired) electrons. The Kier molecular flexibility index (Phi) is 4.49. The summed E-state index contributed by atoms with van der Waals surface area (Å²) in [6.45, 7) is 1.42. The molecule has 0 fully saturated rings. The second-order valence-electron chi connectivity index (χ2n) is 5.13. The van der Waals surface area contributed by atoms with Gasteiger partial charge in [0.2, 0.25) is 5.91 Å². The van der Waals surface area contributed by atoms with E-state index in [0.717, 1.165) is 9.44 Å². The highest BCUT2D eigenvalue weighted by Crippen LogP contribution is 2.22. The van der Waals surface area contributed by atoms with E-state index in [1.807, 2.05) is 6.92 Å². The number of hydrogen-bond donors (Lipinski definition) is 2. The fourth-order valence-electron chi connectivity index (χ4n) is 2.28. The molecule has 124 valence electrons. The van der Waals surface area contributed by atoms with Gasteiger partial charge in [0, 0.05) is 20.6 Å². The van der Waals surface area contributed by atoms with Gasteiger partial charge in [-0.05, 0) is 31.2 Å². The quantitative estimate of drug-likeness (QED) is 0.728. The van der Waals surface area contributed by atoms with Crippen LogP contribution in [0.1, 0.15) is 4.88 Å². The first-order valence-electron chi connectivity index (χ1n) is 6.82. The maximum Gasteiger partial charge on any atom is 0.329 e. The van der Waals surface area contributed by atoms with Gasteiger partial charge >= 0.3 is 5.69 Å². The number of H-pyrrole nitrogens is 1. The smallest absolute Gasteiger partial charge is 0.324 e. The van der Waals surface area contributed by atoms with E-state index in [1.165, 1.54) is 29.5 Å². The van der Waals surface area contributed by atoms with Crippen molar-refractivity contribution in [3.63, 3.8) is 0 Å². The number of fused-ring (bicyclic) bond motifs is 1. The number of thiophene rings is 1. The van der Waals surface area contributed by atoms with E-state index in [2.05, 4.69) is 10.3 Å². The lowest BCUT2D eigenvalue weighted by molar-refractivity contribution is -0.116. The normalized spacial score (nSPS) is 11.0. The topological polar surface area (TPSA) is 84.0 Å². The molecule has 3 aromatic rings. The molecule has 24 heavy (non-hydrogen) atoms. The molecule has 0 saturated carbocycles. The second kappa shape index (κ2) is 6.43. The number of aromatic nitrogens is 2. The minimum absolute atomic E-state index is 0.364. The first-order chi connectivity index (χ1) is 11.3. The summed E-state index contributed by atoms with van der Waals surface area (Å²) in [5, 5.41) is 3.67. The zero-order chi connectivity index (χ0) is 17.4. The Morgan fingerprint density at radius 1 is 1.21 bits per heavy atom. The number of carbonyl (C=O) groups is 1. The fourth-order valence-corrected chi connectivity index (χ4v) is 3.70. The van der Waals surface area contributed by atoms with E-state index in [-0.39, 0.29) is 0 Å². The van der Waals surface area contributed by atoms with Crippen molar-refractivity contribution in [2.45, 2.75) is 13.5 Å². The number of amides is 1. The predicted octanol–water partition coefficient (Wildman–Crippen LogP) is 3.01. The number of benzene rings is 1. The molecule has 0 unspecified atom stereocenters. The third-order valence-electron chi connectivity index (χ3n) is 3.24. The molecule has 0 aliphatic carbocycles. The lowest BCUT2D eigenvalue weighted by Gasteiger charge is -2.07. The molecule has 3 rings (SSSR count). The summed E-state index contributed by atoms with van der Waals surface area (Å²) >= 11 is 13.0. The molecular formula is C15H11Cl2N3O3S. The van der Waals surface area contributed by atoms with Gasteiger partial charge in [-0.15, -0.1) is 11.3 Å². The van der Waals surface area contributed by atoms with Gasteiger partial charge in [-0.1, -0.05) is 23.2 Å². The molecule has 2 aromatic heterocycles. The lowest BCUT2D eigenvalue weighted by atomic mass is 10.3. The number of rotatable bonds is 3. The van der Waals surface area contributed by atoms with E-state index >= 15 is 0 Å². The van der Waals surface area contributed by atoms with Crippen LogP contribution in [0.25, 0.3) is 10.2 Å². The van der Waals surface area contributed by atoms with E-state index < -0.39 is 23.7 Å². The van der Waals surface area contributed by atoms with Crippen LogP contribution in [0.15, 0.2) is 33.9 Å². The summed E-state index contributed by atoms with van der Waals surface area (Å²) in [5.41, 5.74) is -0.750. The zero-order valence-corrected chi connectivity index (χ0v) is 14.7. The van der Waals surface area contributed by atoms with Crippen LogP contribution in [0, 0.1) is 6.92 Å². The second-order valence-corrected chi connectivity index (χ2v) is 7.26. The van der Waals surface area contributed by atoms with Crippen LogP contribution in [-0.2, 0) is 11.3 Å². The Labute approximate surface area is 149 Å². The van der Waals surface area contributed by atoms with Crippen molar-refractivity contribution in [1.82, 2.24) is 9.55 Å². The molecular weight excluding hydrogens is 373 g/mol. The van der Waals surface area contributed by atoms with Crippen LogP contribution in [0.4, 0.5) is 5.69 Å². The molecule has 2 heterocycles. The number of aromatic amines is 1. The molecule has 0 aliphatic rings. The van der Waals surface area contributed by atoms with Crippen molar-refractivity contribution in [2.24, 2.45) is 0 Å². The highest BCUT2D eigenvalue weighted by atomic mass is 35.5. The van der Waals surface area contributed by atoms with Crippen LogP contribution in [0.5, 0.6) is 0 Å². The summed E-state index contributed by atoms with van der Waals surface area (Å²) in [4.78, 5) is 40.6. The Morgan fingerprint density at radius 2 is 1.88 bits per heavy atom. The highest BCUT2D eigenvalue weighted by molar-refractivity contribution is 7.18. The number of halogens is 2. The summed E-state index contributed by atoms with van der Waals surface area (Å²) in [5.74, 6) is -0.535. The zero-order valence-electron chi connectivity index (χ0n) is 12.4. The average molecular weight is 384 g/mol. The van der Waals surface area contributed by atoms with Crippen LogP contribution in [0.3, 0.4) is 0 Å². The summed E-state index contributed by atoms with van der Waals surface area (Å²) in [7, 11) is 0. The molecule has 0 spiro atoms. The highest BCUT2D eigenvalue weighted by Gasteiger charge is 2.13. The Morgan fingerprint density at radius 3 is 2.54 bits per heavy atom. The molecule has 0 atom stereocenters. The molecule has 1 amide bonds. The number of carbonyl (C=O) groups excluding carboxylic acids is 1. The van der Waals surface area contributed by atoms with E-state index in [1.54, 1.807) is 6.07 Å². The first-order valence-corrected chi connectivity index (χ1v) is 8.40. The maximum atomic E-state index is 12.4. The largest absolute Gasteiger partial charge is 0.329 e. The molecule has 1 aromatic carbocycles. The average Bonchev–Trinajstić information content (AvgIpc) is 2.83. The third kappa shape index (κ3) is 3.38. The maximum absolute atomic E-state index is 12.4. The number of nitrogens with zero attached hydrogens (tertiary/aromatic N) is 1. The van der Waals surface area contributed by atoms with Gasteiger partial charge in [-0.25, -0.2) is 4.79 Å². The lowest BCUT2D eigenvalue weighted by Crippen LogP contribution is -2.38. The van der Waals surface area contributed by atoms with Crippen molar-refractivity contribution in [3.8, 4) is 0 Å². The van der Waals surface area contributed by atoms with E-state index in [9.17, 15) is 14.4 Å². The van der Waals surface area contributed by atoms with E-state index in [4.69, 9.17) is 23.2 Å². The van der Waals surface area contributed by atoms with Gasteiger partial charge < -0.3 is 5.32 Å². The Hall–Kier alpha value is -2.09. The summed E-state index contributed by atoms with van der Waals surface area (Å²) < 4.78 is 0.857. The van der Waals surface area contributed by atoms with Crippen LogP contribution in [0.2, 0.25) is 10.0 Å². The van der Waals surface area contributed by atoms with Crippen LogP contribution < -0.4 is 16.6 Å². The number of anilines is 1. The third-order valence-corrected chi connectivity index (χ3v) is 4.65. The van der Waals surface area contributed by atoms with Gasteiger partial charge in [-0.2, -0.15) is 0 Å². The SMILES string of the molecule is Cc1cc2c(=O)n(CC(=O)Nc3cc(Cl)cc(Cl)c3)c(=O)[nH]c2s1. The van der Waals surface area contributed by atoms with Crippen molar-refractivity contribution in [1.29, 1.82) is 0 Å². The minimum Gasteiger partial charge on any atom is -0.324 e. The Bertz CT molecular complexity index is 1050. The van der Waals surface area contributed by atoms with Crippen LogP contribution >= 0.6 is 34.5 Å². The van der Waals surface area contributed by atoms with Gasteiger partial charge in [0.15, 0.2) is 0 Å². The van der Waals surface area contributed by atoms with Crippen molar-refractivity contribution >= 4 is 56.3 Å². The Balaban J connectivity index is 1.90. The predicted molar refractivity (Wildman–Crippen MR) is 96.5 cm³/mol. The fraction of sp³-hybridized carbons (Fsp3) is 0.133. The number of aryl methyl sites for hydroxylation is 1. The molecule has 0 bridgehead atoms. The summed E-state index contributed by atoms with van der Waals surface area (Å²) in [6.07, 6.45) is 0. The molecule has 6 nitrogen and oxygen atoms in total. The monoisotopic (exact) mass is 383 g/mol. The minimum atomic E-state index is -0.631. The molecule has 0 saturated heterocycles. The first kappa shape index (κ1) is 16.8. The van der Waals surface area contributed by atoms with Crippen molar-refractivity contribution in [3.05, 3.63) is 60.0 Å². The van der Waals surface area contributed by atoms with Crippen molar-refractivity contribution < 1.29 is 4.79 Å². The van der Waals surface area contributed by atoms with Gasteiger partial charge in [-0.3, -0.25) is 19.1 Å². The van der Waals surface area contributed by atoms with Gasteiger partial charge in [0.05, 0.1) is 5.39 Å². The molecule has 2 N–H and O–H groups in total. The standard InChI is InChI=1S/C15H11Cl2N3O3S/c1-7-2-11-13(24-7)19-15(23)20(14(11)22)6-12(21)18-10-4-8(16)3-9(17)5-10/h2-5H,6H2,1H3,(H,18,21)(H,19,23). The molecule has 0 aliphatic heterocycles. The van der Waals surface area contributed by atoms with Gasteiger partial charge in [0.1, 0.15) is 11.4 Å². The summed E-state index contributed by atoms with van der Waals surface area (Å²) in [6, 6.07) is 6.25. The van der Waals surface area contributed by atoms with E-state index in [0.29, 0.717) is 25.9 Å². The van der Waals surface area contributed by atoms with Crippen LogP contribution in [-0.4, -0.2) is 15.5 Å². The van der Waals surface area contributed by atoms with Crippen molar-refractivity contribution in [2.75, 3.05) is 5.32 Å².